The molecule has 3 N–H and O–H groups in total. The molecule has 0 amide bonds. The summed E-state index contributed by atoms with van der Waals surface area (Å²) in [7, 11) is -3.64. The second-order valence-electron chi connectivity index (χ2n) is 3.89. The van der Waals surface area contributed by atoms with E-state index in [0.717, 1.165) is 10.4 Å². The number of hydrogen-bond acceptors (Lipinski definition) is 5. The third kappa shape index (κ3) is 3.24. The van der Waals surface area contributed by atoms with E-state index in [-0.39, 0.29) is 22.3 Å². The zero-order chi connectivity index (χ0) is 14.0. The summed E-state index contributed by atoms with van der Waals surface area (Å²) in [6.45, 7) is 2.18. The Morgan fingerprint density at radius 1 is 1.53 bits per heavy atom. The number of nitrogens with two attached hydrogens (primary N) is 1. The topological polar surface area (TPSA) is 85.1 Å². The molecule has 2 aromatic rings. The lowest BCUT2D eigenvalue weighted by molar-refractivity contribution is 0.581. The fourth-order valence-electron chi connectivity index (χ4n) is 1.41. The minimum atomic E-state index is -3.64. The summed E-state index contributed by atoms with van der Waals surface area (Å²) in [5.41, 5.74) is 6.50. The van der Waals surface area contributed by atoms with Crippen molar-refractivity contribution in [2.24, 2.45) is 0 Å². The summed E-state index contributed by atoms with van der Waals surface area (Å²) in [5.74, 6) is 0.106. The minimum Gasteiger partial charge on any atom is -0.382 e. The Balaban J connectivity index is 2.18. The molecule has 0 radical (unpaired) electrons. The van der Waals surface area contributed by atoms with E-state index in [1.54, 1.807) is 0 Å². The van der Waals surface area contributed by atoms with Crippen LogP contribution >= 0.6 is 22.9 Å². The molecule has 8 heteroatoms. The average molecular weight is 318 g/mol. The first-order valence-corrected chi connectivity index (χ1v) is 8.08. The van der Waals surface area contributed by atoms with Crippen molar-refractivity contribution in [1.29, 1.82) is 0 Å². The monoisotopic (exact) mass is 317 g/mol. The lowest BCUT2D eigenvalue weighted by Gasteiger charge is -2.07. The Labute approximate surface area is 120 Å². The maximum Gasteiger partial charge on any atom is 0.242 e. The molecule has 0 aliphatic carbocycles. The first-order valence-electron chi connectivity index (χ1n) is 5.34. The van der Waals surface area contributed by atoms with E-state index in [2.05, 4.69) is 9.71 Å². The van der Waals surface area contributed by atoms with Gasteiger partial charge in [-0.1, -0.05) is 11.6 Å². The Morgan fingerprint density at radius 3 is 2.84 bits per heavy atom. The predicted octanol–water partition coefficient (Wildman–Crippen LogP) is 2.17. The number of hydrogen-bond donors (Lipinski definition) is 2. The molecule has 0 bridgehead atoms. The minimum absolute atomic E-state index is 0.000842. The molecule has 0 saturated carbocycles. The van der Waals surface area contributed by atoms with Crippen molar-refractivity contribution in [1.82, 2.24) is 9.71 Å². The van der Waals surface area contributed by atoms with Gasteiger partial charge in [-0.15, -0.1) is 11.3 Å². The molecule has 0 fully saturated rings. The normalized spacial score (nSPS) is 11.7. The van der Waals surface area contributed by atoms with E-state index >= 15 is 0 Å². The SMILES string of the molecule is Cc1ccsc1CNS(=O)(=O)c1cnc(N)c(Cl)c1. The molecule has 0 unspecified atom stereocenters. The maximum absolute atomic E-state index is 12.1. The Bertz CT molecular complexity index is 698. The number of sulfonamides is 1. The number of anilines is 1. The van der Waals surface area contributed by atoms with Crippen molar-refractivity contribution in [2.75, 3.05) is 5.73 Å². The number of nitrogens with zero attached hydrogens (tertiary/aromatic N) is 1. The van der Waals surface area contributed by atoms with Crippen LogP contribution in [0.15, 0.2) is 28.6 Å². The summed E-state index contributed by atoms with van der Waals surface area (Å²) >= 11 is 7.27. The van der Waals surface area contributed by atoms with Gasteiger partial charge in [0.15, 0.2) is 0 Å². The molecule has 0 aliphatic rings. The Morgan fingerprint density at radius 2 is 2.26 bits per heavy atom. The lowest BCUT2D eigenvalue weighted by Crippen LogP contribution is -2.23. The van der Waals surface area contributed by atoms with Crippen LogP contribution in [0.2, 0.25) is 5.02 Å². The van der Waals surface area contributed by atoms with Crippen molar-refractivity contribution in [3.63, 3.8) is 0 Å². The molecule has 0 aliphatic heterocycles. The van der Waals surface area contributed by atoms with E-state index in [0.29, 0.717) is 0 Å². The van der Waals surface area contributed by atoms with Crippen molar-refractivity contribution in [2.45, 2.75) is 18.4 Å². The van der Waals surface area contributed by atoms with Gasteiger partial charge in [0.05, 0.1) is 5.02 Å². The summed E-state index contributed by atoms with van der Waals surface area (Å²) in [4.78, 5) is 4.71. The predicted molar refractivity (Wildman–Crippen MR) is 76.7 cm³/mol. The van der Waals surface area contributed by atoms with Gasteiger partial charge in [-0.3, -0.25) is 0 Å². The van der Waals surface area contributed by atoms with E-state index in [4.69, 9.17) is 17.3 Å². The van der Waals surface area contributed by atoms with Crippen LogP contribution < -0.4 is 10.5 Å². The van der Waals surface area contributed by atoms with Crippen molar-refractivity contribution in [3.05, 3.63) is 39.2 Å². The number of aromatic nitrogens is 1. The summed E-state index contributed by atoms with van der Waals surface area (Å²) in [6, 6.07) is 3.23. The van der Waals surface area contributed by atoms with Crippen LogP contribution in [0, 0.1) is 6.92 Å². The molecule has 102 valence electrons. The highest BCUT2D eigenvalue weighted by Crippen LogP contribution is 2.21. The van der Waals surface area contributed by atoms with Gasteiger partial charge in [0, 0.05) is 17.6 Å². The van der Waals surface area contributed by atoms with Crippen LogP contribution in [0.3, 0.4) is 0 Å². The van der Waals surface area contributed by atoms with Crippen molar-refractivity contribution in [3.8, 4) is 0 Å². The van der Waals surface area contributed by atoms with Crippen LogP contribution in [0.25, 0.3) is 0 Å². The van der Waals surface area contributed by atoms with Crippen LogP contribution in [-0.4, -0.2) is 13.4 Å². The third-order valence-electron chi connectivity index (χ3n) is 2.55. The first-order chi connectivity index (χ1) is 8.90. The third-order valence-corrected chi connectivity index (χ3v) is 5.24. The molecule has 2 heterocycles. The smallest absolute Gasteiger partial charge is 0.242 e. The van der Waals surface area contributed by atoms with Crippen molar-refractivity contribution < 1.29 is 8.42 Å². The van der Waals surface area contributed by atoms with Crippen LogP contribution in [0.5, 0.6) is 0 Å². The molecule has 0 saturated heterocycles. The molecule has 0 spiro atoms. The van der Waals surface area contributed by atoms with E-state index in [1.807, 2.05) is 18.4 Å². The quantitative estimate of drug-likeness (QED) is 0.905. The number of pyridine rings is 1. The van der Waals surface area contributed by atoms with Gasteiger partial charge in [0.1, 0.15) is 10.7 Å². The number of nitrogen functional groups attached to an aromatic ring is 1. The van der Waals surface area contributed by atoms with Crippen LogP contribution in [-0.2, 0) is 16.6 Å². The largest absolute Gasteiger partial charge is 0.382 e. The van der Waals surface area contributed by atoms with E-state index in [1.165, 1.54) is 23.6 Å². The average Bonchev–Trinajstić information content (AvgIpc) is 2.76. The molecule has 5 nitrogen and oxygen atoms in total. The number of rotatable bonds is 4. The Kier molecular flexibility index (Phi) is 4.10. The van der Waals surface area contributed by atoms with Gasteiger partial charge in [0.25, 0.3) is 0 Å². The molecule has 0 atom stereocenters. The highest BCUT2D eigenvalue weighted by atomic mass is 35.5. The Hall–Kier alpha value is -1.15. The van der Waals surface area contributed by atoms with Crippen LogP contribution in [0.1, 0.15) is 10.4 Å². The zero-order valence-electron chi connectivity index (χ0n) is 10.1. The molecule has 2 aromatic heterocycles. The summed E-state index contributed by atoms with van der Waals surface area (Å²) in [5, 5.41) is 2.04. The lowest BCUT2D eigenvalue weighted by atomic mass is 10.3. The molecular weight excluding hydrogens is 306 g/mol. The summed E-state index contributed by atoms with van der Waals surface area (Å²) in [6.07, 6.45) is 1.19. The summed E-state index contributed by atoms with van der Waals surface area (Å²) < 4.78 is 26.6. The highest BCUT2D eigenvalue weighted by molar-refractivity contribution is 7.89. The van der Waals surface area contributed by atoms with Crippen molar-refractivity contribution >= 4 is 38.8 Å². The fraction of sp³-hybridized carbons (Fsp3) is 0.182. The molecule has 19 heavy (non-hydrogen) atoms. The molecule has 0 aromatic carbocycles. The van der Waals surface area contributed by atoms with Gasteiger partial charge < -0.3 is 5.73 Å². The fourth-order valence-corrected chi connectivity index (χ4v) is 3.54. The van der Waals surface area contributed by atoms with E-state index < -0.39 is 10.0 Å². The first kappa shape index (κ1) is 14.3. The number of aryl methyl sites for hydroxylation is 1. The highest BCUT2D eigenvalue weighted by Gasteiger charge is 2.16. The van der Waals surface area contributed by atoms with Gasteiger partial charge in [-0.2, -0.15) is 0 Å². The van der Waals surface area contributed by atoms with Gasteiger partial charge in [0.2, 0.25) is 10.0 Å². The molecular formula is C11H12ClN3O2S2. The number of nitrogens with one attached hydrogen (secondary N) is 1. The molecule has 2 rings (SSSR count). The second-order valence-corrected chi connectivity index (χ2v) is 7.06. The van der Waals surface area contributed by atoms with Crippen LogP contribution in [0.4, 0.5) is 5.82 Å². The second kappa shape index (κ2) is 5.46. The zero-order valence-corrected chi connectivity index (χ0v) is 12.4. The number of halogens is 1. The number of thiophene rings is 1. The van der Waals surface area contributed by atoms with Gasteiger partial charge in [-0.25, -0.2) is 18.1 Å². The standard InChI is InChI=1S/C11H12ClN3O2S2/c1-7-2-3-18-10(7)6-15-19(16,17)8-4-9(12)11(13)14-5-8/h2-5,15H,6H2,1H3,(H2,13,14). The van der Waals surface area contributed by atoms with Gasteiger partial charge in [-0.05, 0) is 30.0 Å². The van der Waals surface area contributed by atoms with Gasteiger partial charge >= 0.3 is 0 Å². The maximum atomic E-state index is 12.1. The van der Waals surface area contributed by atoms with E-state index in [9.17, 15) is 8.42 Å².